The van der Waals surface area contributed by atoms with Gasteiger partial charge in [0.1, 0.15) is 11.8 Å². The number of fused-ring (bicyclic) bond motifs is 1. The maximum absolute atomic E-state index is 10.8. The van der Waals surface area contributed by atoms with E-state index < -0.39 is 12.0 Å². The summed E-state index contributed by atoms with van der Waals surface area (Å²) in [7, 11) is 0. The number of aliphatic carboxylic acids is 1. The lowest BCUT2D eigenvalue weighted by Crippen LogP contribution is -2.33. The predicted octanol–water partition coefficient (Wildman–Crippen LogP) is 1.90. The van der Waals surface area contributed by atoms with Crippen LogP contribution in [0.4, 0.5) is 5.69 Å². The molecule has 1 aromatic rings. The van der Waals surface area contributed by atoms with E-state index in [4.69, 9.17) is 9.84 Å². The van der Waals surface area contributed by atoms with Crippen LogP contribution in [-0.4, -0.2) is 23.7 Å². The van der Waals surface area contributed by atoms with Crippen LogP contribution in [0, 0.1) is 0 Å². The van der Waals surface area contributed by atoms with Crippen molar-refractivity contribution in [3.05, 3.63) is 23.8 Å². The number of nitrogens with one attached hydrogen (secondary N) is 1. The number of benzene rings is 1. The molecule has 0 spiro atoms. The molecule has 86 valence electrons. The zero-order valence-electron chi connectivity index (χ0n) is 9.19. The van der Waals surface area contributed by atoms with Gasteiger partial charge in [-0.2, -0.15) is 0 Å². The SMILES string of the molecule is CCOc1ccc2c(c1)CCC(C(=O)O)N2. The molecule has 0 fully saturated rings. The highest BCUT2D eigenvalue weighted by atomic mass is 16.5. The third kappa shape index (κ3) is 2.10. The van der Waals surface area contributed by atoms with Crippen molar-refractivity contribution in [3.8, 4) is 5.75 Å². The van der Waals surface area contributed by atoms with Gasteiger partial charge in [0.25, 0.3) is 0 Å². The van der Waals surface area contributed by atoms with Crippen molar-refractivity contribution in [2.75, 3.05) is 11.9 Å². The van der Waals surface area contributed by atoms with Crippen molar-refractivity contribution in [3.63, 3.8) is 0 Å². The maximum Gasteiger partial charge on any atom is 0.326 e. The van der Waals surface area contributed by atoms with Crippen molar-refractivity contribution in [1.29, 1.82) is 0 Å². The molecule has 1 heterocycles. The topological polar surface area (TPSA) is 58.6 Å². The van der Waals surface area contributed by atoms with E-state index in [0.717, 1.165) is 23.4 Å². The average Bonchev–Trinajstić information content (AvgIpc) is 2.28. The molecule has 2 rings (SSSR count). The Labute approximate surface area is 94.2 Å². The average molecular weight is 221 g/mol. The molecule has 0 aromatic heterocycles. The minimum Gasteiger partial charge on any atom is -0.494 e. The fraction of sp³-hybridized carbons (Fsp3) is 0.417. The van der Waals surface area contributed by atoms with Crippen molar-refractivity contribution in [2.24, 2.45) is 0 Å². The Morgan fingerprint density at radius 2 is 2.44 bits per heavy atom. The molecule has 1 aliphatic rings. The van der Waals surface area contributed by atoms with Gasteiger partial charge in [-0.3, -0.25) is 0 Å². The minimum absolute atomic E-state index is 0.467. The van der Waals surface area contributed by atoms with E-state index in [2.05, 4.69) is 5.32 Å². The molecule has 1 aliphatic heterocycles. The second kappa shape index (κ2) is 4.43. The van der Waals surface area contributed by atoms with Crippen LogP contribution in [0.3, 0.4) is 0 Å². The van der Waals surface area contributed by atoms with Crippen molar-refractivity contribution >= 4 is 11.7 Å². The number of rotatable bonds is 3. The fourth-order valence-electron chi connectivity index (χ4n) is 1.92. The summed E-state index contributed by atoms with van der Waals surface area (Å²) in [5, 5.41) is 11.9. The lowest BCUT2D eigenvalue weighted by Gasteiger charge is -2.24. The molecule has 1 aromatic carbocycles. The van der Waals surface area contributed by atoms with E-state index in [0.29, 0.717) is 13.0 Å². The standard InChI is InChI=1S/C12H15NO3/c1-2-16-9-4-6-10-8(7-9)3-5-11(13-10)12(14)15/h4,6-7,11,13H,2-3,5H2,1H3,(H,14,15). The van der Waals surface area contributed by atoms with Gasteiger partial charge in [-0.15, -0.1) is 0 Å². The Bertz CT molecular complexity index is 403. The number of hydrogen-bond acceptors (Lipinski definition) is 3. The Morgan fingerprint density at radius 1 is 1.62 bits per heavy atom. The lowest BCUT2D eigenvalue weighted by atomic mass is 9.98. The molecule has 1 unspecified atom stereocenters. The van der Waals surface area contributed by atoms with Crippen molar-refractivity contribution in [1.82, 2.24) is 0 Å². The van der Waals surface area contributed by atoms with Gasteiger partial charge in [0.2, 0.25) is 0 Å². The smallest absolute Gasteiger partial charge is 0.326 e. The zero-order chi connectivity index (χ0) is 11.5. The highest BCUT2D eigenvalue weighted by Crippen LogP contribution is 2.28. The largest absolute Gasteiger partial charge is 0.494 e. The third-order valence-electron chi connectivity index (χ3n) is 2.72. The van der Waals surface area contributed by atoms with Crippen LogP contribution >= 0.6 is 0 Å². The van der Waals surface area contributed by atoms with Crippen LogP contribution in [0.25, 0.3) is 0 Å². The second-order valence-corrected chi connectivity index (χ2v) is 3.83. The van der Waals surface area contributed by atoms with Crippen molar-refractivity contribution in [2.45, 2.75) is 25.8 Å². The second-order valence-electron chi connectivity index (χ2n) is 3.83. The fourth-order valence-corrected chi connectivity index (χ4v) is 1.92. The first-order valence-electron chi connectivity index (χ1n) is 5.45. The number of aryl methyl sites for hydroxylation is 1. The lowest BCUT2D eigenvalue weighted by molar-refractivity contribution is -0.138. The van der Waals surface area contributed by atoms with Gasteiger partial charge in [0.05, 0.1) is 6.61 Å². The van der Waals surface area contributed by atoms with Crippen LogP contribution in [0.5, 0.6) is 5.75 Å². The molecule has 2 N–H and O–H groups in total. The maximum atomic E-state index is 10.8. The van der Waals surface area contributed by atoms with Gasteiger partial charge in [0.15, 0.2) is 0 Å². The third-order valence-corrected chi connectivity index (χ3v) is 2.72. The van der Waals surface area contributed by atoms with E-state index >= 15 is 0 Å². The van der Waals surface area contributed by atoms with Crippen LogP contribution in [0.15, 0.2) is 18.2 Å². The molecule has 1 atom stereocenters. The molecule has 16 heavy (non-hydrogen) atoms. The first kappa shape index (κ1) is 10.8. The Morgan fingerprint density at radius 3 is 3.12 bits per heavy atom. The van der Waals surface area contributed by atoms with Gasteiger partial charge in [-0.05, 0) is 43.5 Å². The number of carboxylic acids is 1. The molecule has 0 bridgehead atoms. The summed E-state index contributed by atoms with van der Waals surface area (Å²) < 4.78 is 5.40. The first-order valence-corrected chi connectivity index (χ1v) is 5.45. The van der Waals surface area contributed by atoms with Gasteiger partial charge in [0, 0.05) is 5.69 Å². The monoisotopic (exact) mass is 221 g/mol. The quantitative estimate of drug-likeness (QED) is 0.818. The molecule has 0 saturated heterocycles. The molecule has 0 saturated carbocycles. The van der Waals surface area contributed by atoms with Gasteiger partial charge < -0.3 is 15.2 Å². The molecule has 0 radical (unpaired) electrons. The van der Waals surface area contributed by atoms with Crippen LogP contribution in [0.1, 0.15) is 18.9 Å². The van der Waals surface area contributed by atoms with Crippen LogP contribution < -0.4 is 10.1 Å². The summed E-state index contributed by atoms with van der Waals surface area (Å²) in [5.41, 5.74) is 2.03. The van der Waals surface area contributed by atoms with E-state index in [1.165, 1.54) is 0 Å². The van der Waals surface area contributed by atoms with Crippen LogP contribution in [-0.2, 0) is 11.2 Å². The van der Waals surface area contributed by atoms with Crippen LogP contribution in [0.2, 0.25) is 0 Å². The number of hydrogen-bond donors (Lipinski definition) is 2. The van der Waals surface area contributed by atoms with Gasteiger partial charge >= 0.3 is 5.97 Å². The summed E-state index contributed by atoms with van der Waals surface area (Å²) in [5.74, 6) is 0.0522. The molecule has 0 aliphatic carbocycles. The number of carboxylic acid groups (broad SMARTS) is 1. The molecule has 0 amide bonds. The normalized spacial score (nSPS) is 18.4. The van der Waals surface area contributed by atoms with E-state index in [1.807, 2.05) is 25.1 Å². The van der Waals surface area contributed by atoms with Gasteiger partial charge in [-0.25, -0.2) is 4.79 Å². The first-order chi connectivity index (χ1) is 7.70. The Balaban J connectivity index is 2.18. The predicted molar refractivity (Wildman–Crippen MR) is 61.0 cm³/mol. The highest BCUT2D eigenvalue weighted by Gasteiger charge is 2.23. The van der Waals surface area contributed by atoms with E-state index in [-0.39, 0.29) is 0 Å². The van der Waals surface area contributed by atoms with Gasteiger partial charge in [-0.1, -0.05) is 0 Å². The Hall–Kier alpha value is -1.71. The molecular weight excluding hydrogens is 206 g/mol. The number of anilines is 1. The number of ether oxygens (including phenoxy) is 1. The minimum atomic E-state index is -0.792. The van der Waals surface area contributed by atoms with E-state index in [9.17, 15) is 4.79 Å². The van der Waals surface area contributed by atoms with Crippen molar-refractivity contribution < 1.29 is 14.6 Å². The zero-order valence-corrected chi connectivity index (χ0v) is 9.19. The Kier molecular flexibility index (Phi) is 2.99. The molecule has 4 nitrogen and oxygen atoms in total. The summed E-state index contributed by atoms with van der Waals surface area (Å²) in [6.45, 7) is 2.59. The summed E-state index contributed by atoms with van der Waals surface area (Å²) in [6.07, 6.45) is 1.40. The summed E-state index contributed by atoms with van der Waals surface area (Å²) in [4.78, 5) is 10.8. The van der Waals surface area contributed by atoms with E-state index in [1.54, 1.807) is 0 Å². The molecule has 4 heteroatoms. The summed E-state index contributed by atoms with van der Waals surface area (Å²) >= 11 is 0. The highest BCUT2D eigenvalue weighted by molar-refractivity contribution is 5.79. The molecular formula is C12H15NO3. The number of carbonyl (C=O) groups is 1. The summed E-state index contributed by atoms with van der Waals surface area (Å²) in [6, 6.07) is 5.25.